The van der Waals surface area contributed by atoms with Crippen LogP contribution in [0, 0.1) is 0 Å². The van der Waals surface area contributed by atoms with Gasteiger partial charge in [0, 0.05) is 30.1 Å². The standard InChI is InChI=1S/C25H33N3O3S/c1-2-16-32(30,31)27-25(29)21-10-8-19(9-11-21)18-28-14-12-22(13-15-28)26-24-17-23(24)20-6-4-3-5-7-20/h3-11,22-24,26H,2,12-18H2,1H3,(H,27,29). The smallest absolute Gasteiger partial charge is 0.264 e. The molecule has 1 saturated carbocycles. The molecule has 1 heterocycles. The molecule has 32 heavy (non-hydrogen) atoms. The first kappa shape index (κ1) is 23.0. The van der Waals surface area contributed by atoms with E-state index in [-0.39, 0.29) is 5.75 Å². The average Bonchev–Trinajstić information content (AvgIpc) is 3.55. The fraction of sp³-hybridized carbons (Fsp3) is 0.480. The van der Waals surface area contributed by atoms with E-state index in [1.165, 1.54) is 12.0 Å². The molecule has 1 amide bonds. The van der Waals surface area contributed by atoms with Crippen LogP contribution in [0.1, 0.15) is 60.0 Å². The van der Waals surface area contributed by atoms with Gasteiger partial charge in [0.1, 0.15) is 0 Å². The van der Waals surface area contributed by atoms with Crippen molar-refractivity contribution in [1.29, 1.82) is 0 Å². The minimum Gasteiger partial charge on any atom is -0.311 e. The van der Waals surface area contributed by atoms with Crippen molar-refractivity contribution in [1.82, 2.24) is 14.9 Å². The number of likely N-dealkylation sites (tertiary alicyclic amines) is 1. The van der Waals surface area contributed by atoms with E-state index in [4.69, 9.17) is 0 Å². The van der Waals surface area contributed by atoms with Crippen LogP contribution < -0.4 is 10.0 Å². The van der Waals surface area contributed by atoms with Crippen molar-refractivity contribution < 1.29 is 13.2 Å². The number of nitrogens with zero attached hydrogens (tertiary/aromatic N) is 1. The molecule has 2 unspecified atom stereocenters. The third kappa shape index (κ3) is 6.18. The molecule has 0 radical (unpaired) electrons. The molecular weight excluding hydrogens is 422 g/mol. The maximum Gasteiger partial charge on any atom is 0.264 e. The van der Waals surface area contributed by atoms with Crippen LogP contribution in [0.4, 0.5) is 0 Å². The van der Waals surface area contributed by atoms with Crippen molar-refractivity contribution in [2.24, 2.45) is 0 Å². The summed E-state index contributed by atoms with van der Waals surface area (Å²) in [5.41, 5.74) is 2.95. The maximum atomic E-state index is 12.2. The van der Waals surface area contributed by atoms with Gasteiger partial charge in [0.2, 0.25) is 10.0 Å². The Kier molecular flexibility index (Phi) is 7.28. The Morgan fingerprint density at radius 2 is 1.72 bits per heavy atom. The molecule has 1 aliphatic heterocycles. The van der Waals surface area contributed by atoms with Crippen molar-refractivity contribution in [3.63, 3.8) is 0 Å². The van der Waals surface area contributed by atoms with Crippen molar-refractivity contribution in [2.75, 3.05) is 18.8 Å². The summed E-state index contributed by atoms with van der Waals surface area (Å²) in [5, 5.41) is 3.85. The van der Waals surface area contributed by atoms with E-state index < -0.39 is 15.9 Å². The summed E-state index contributed by atoms with van der Waals surface area (Å²) < 4.78 is 25.7. The Balaban J connectivity index is 1.20. The van der Waals surface area contributed by atoms with Crippen LogP contribution in [0.2, 0.25) is 0 Å². The van der Waals surface area contributed by atoms with E-state index in [0.29, 0.717) is 30.0 Å². The molecule has 0 spiro atoms. The van der Waals surface area contributed by atoms with Crippen LogP contribution in [0.3, 0.4) is 0 Å². The van der Waals surface area contributed by atoms with E-state index in [2.05, 4.69) is 45.3 Å². The van der Waals surface area contributed by atoms with Gasteiger partial charge in [-0.1, -0.05) is 49.4 Å². The van der Waals surface area contributed by atoms with E-state index in [0.717, 1.165) is 38.0 Å². The highest BCUT2D eigenvalue weighted by atomic mass is 32.2. The lowest BCUT2D eigenvalue weighted by Crippen LogP contribution is -2.43. The number of hydrogen-bond acceptors (Lipinski definition) is 5. The molecule has 4 rings (SSSR count). The number of amides is 1. The monoisotopic (exact) mass is 455 g/mol. The Morgan fingerprint density at radius 3 is 2.38 bits per heavy atom. The van der Waals surface area contributed by atoms with E-state index >= 15 is 0 Å². The van der Waals surface area contributed by atoms with Gasteiger partial charge >= 0.3 is 0 Å². The van der Waals surface area contributed by atoms with Gasteiger partial charge in [-0.25, -0.2) is 13.1 Å². The van der Waals surface area contributed by atoms with Crippen molar-refractivity contribution in [3.8, 4) is 0 Å². The number of benzene rings is 2. The number of rotatable bonds is 9. The fourth-order valence-corrected chi connectivity index (χ4v) is 5.59. The van der Waals surface area contributed by atoms with Crippen LogP contribution in [-0.4, -0.2) is 50.2 Å². The highest BCUT2D eigenvalue weighted by Gasteiger charge is 2.39. The van der Waals surface area contributed by atoms with Gasteiger partial charge in [0.15, 0.2) is 0 Å². The molecule has 0 bridgehead atoms. The Hall–Kier alpha value is -2.22. The van der Waals surface area contributed by atoms with Gasteiger partial charge in [-0.2, -0.15) is 0 Å². The molecule has 7 heteroatoms. The van der Waals surface area contributed by atoms with E-state index in [1.54, 1.807) is 19.1 Å². The molecule has 1 saturated heterocycles. The predicted octanol–water partition coefficient (Wildman–Crippen LogP) is 3.27. The van der Waals surface area contributed by atoms with Gasteiger partial charge in [0.25, 0.3) is 5.91 Å². The Labute approximate surface area is 191 Å². The average molecular weight is 456 g/mol. The zero-order valence-electron chi connectivity index (χ0n) is 18.7. The first-order valence-electron chi connectivity index (χ1n) is 11.6. The van der Waals surface area contributed by atoms with Gasteiger partial charge in [-0.05, 0) is 62.0 Å². The van der Waals surface area contributed by atoms with Crippen LogP contribution >= 0.6 is 0 Å². The summed E-state index contributed by atoms with van der Waals surface area (Å²) >= 11 is 0. The van der Waals surface area contributed by atoms with Gasteiger partial charge in [-0.3, -0.25) is 9.69 Å². The number of carbonyl (C=O) groups is 1. The van der Waals surface area contributed by atoms with Gasteiger partial charge in [0.05, 0.1) is 5.75 Å². The highest BCUT2D eigenvalue weighted by Crippen LogP contribution is 2.41. The van der Waals surface area contributed by atoms with Crippen LogP contribution in [0.15, 0.2) is 54.6 Å². The first-order valence-corrected chi connectivity index (χ1v) is 13.3. The second kappa shape index (κ2) is 10.1. The molecule has 6 nitrogen and oxygen atoms in total. The van der Waals surface area contributed by atoms with Crippen LogP contribution in [-0.2, 0) is 16.6 Å². The summed E-state index contributed by atoms with van der Waals surface area (Å²) in [5.74, 6) is 0.0580. The third-order valence-corrected chi connectivity index (χ3v) is 7.84. The Morgan fingerprint density at radius 1 is 1.03 bits per heavy atom. The molecule has 2 aromatic rings. The lowest BCUT2D eigenvalue weighted by atomic mass is 10.0. The summed E-state index contributed by atoms with van der Waals surface area (Å²) in [7, 11) is -3.55. The molecule has 2 N–H and O–H groups in total. The number of carbonyl (C=O) groups excluding carboxylic acids is 1. The van der Waals surface area contributed by atoms with Crippen molar-refractivity contribution in [2.45, 2.75) is 57.2 Å². The predicted molar refractivity (Wildman–Crippen MR) is 127 cm³/mol. The molecular formula is C25H33N3O3S. The fourth-order valence-electron chi connectivity index (χ4n) is 4.55. The van der Waals surface area contributed by atoms with Crippen LogP contribution in [0.5, 0.6) is 0 Å². The van der Waals surface area contributed by atoms with Crippen molar-refractivity contribution in [3.05, 3.63) is 71.3 Å². The normalized spacial score (nSPS) is 21.9. The molecule has 2 aromatic carbocycles. The number of hydrogen-bond donors (Lipinski definition) is 2. The molecule has 2 atom stereocenters. The molecule has 2 aliphatic rings. The quantitative estimate of drug-likeness (QED) is 0.607. The third-order valence-electron chi connectivity index (χ3n) is 6.40. The number of piperidine rings is 1. The zero-order valence-corrected chi connectivity index (χ0v) is 19.5. The van der Waals surface area contributed by atoms with E-state index in [9.17, 15) is 13.2 Å². The summed E-state index contributed by atoms with van der Waals surface area (Å²) in [6.07, 6.45) is 4.01. The number of sulfonamides is 1. The highest BCUT2D eigenvalue weighted by molar-refractivity contribution is 7.90. The zero-order chi connectivity index (χ0) is 22.6. The minimum absolute atomic E-state index is 0.0463. The maximum absolute atomic E-state index is 12.2. The summed E-state index contributed by atoms with van der Waals surface area (Å²) in [6, 6.07) is 19.2. The van der Waals surface area contributed by atoms with Crippen LogP contribution in [0.25, 0.3) is 0 Å². The molecule has 1 aliphatic carbocycles. The lowest BCUT2D eigenvalue weighted by molar-refractivity contribution is 0.0981. The summed E-state index contributed by atoms with van der Waals surface area (Å²) in [4.78, 5) is 14.6. The first-order chi connectivity index (χ1) is 15.4. The van der Waals surface area contributed by atoms with Gasteiger partial charge in [-0.15, -0.1) is 0 Å². The molecule has 0 aromatic heterocycles. The van der Waals surface area contributed by atoms with Crippen molar-refractivity contribution >= 4 is 15.9 Å². The van der Waals surface area contributed by atoms with Gasteiger partial charge < -0.3 is 5.32 Å². The topological polar surface area (TPSA) is 78.5 Å². The minimum atomic E-state index is -3.55. The Bertz CT molecular complexity index is 1000. The summed E-state index contributed by atoms with van der Waals surface area (Å²) in [6.45, 7) is 4.72. The van der Waals surface area contributed by atoms with E-state index in [1.807, 2.05) is 12.1 Å². The molecule has 172 valence electrons. The SMILES string of the molecule is CCCS(=O)(=O)NC(=O)c1ccc(CN2CCC(NC3CC3c3ccccc3)CC2)cc1. The largest absolute Gasteiger partial charge is 0.311 e. The number of nitrogens with one attached hydrogen (secondary N) is 2. The second-order valence-corrected chi connectivity index (χ2v) is 10.9. The lowest BCUT2D eigenvalue weighted by Gasteiger charge is -2.32. The second-order valence-electron chi connectivity index (χ2n) is 9.02. The molecule has 2 fully saturated rings.